The van der Waals surface area contributed by atoms with Gasteiger partial charge in [0.15, 0.2) is 11.9 Å². The minimum atomic E-state index is -3.95. The first-order chi connectivity index (χ1) is 10.7. The van der Waals surface area contributed by atoms with Gasteiger partial charge >= 0.3 is 5.97 Å². The van der Waals surface area contributed by atoms with Gasteiger partial charge in [-0.1, -0.05) is 5.16 Å². The van der Waals surface area contributed by atoms with Gasteiger partial charge < -0.3 is 14.6 Å². The van der Waals surface area contributed by atoms with Crippen molar-refractivity contribution in [2.24, 2.45) is 0 Å². The zero-order valence-corrected chi connectivity index (χ0v) is 13.9. The van der Waals surface area contributed by atoms with E-state index in [-0.39, 0.29) is 22.4 Å². The Kier molecular flexibility index (Phi) is 5.05. The average Bonchev–Trinajstić information content (AvgIpc) is 3.20. The molecule has 0 bridgehead atoms. The Labute approximate surface area is 133 Å². The molecule has 1 aliphatic rings. The van der Waals surface area contributed by atoms with Gasteiger partial charge in [0.2, 0.25) is 10.0 Å². The highest BCUT2D eigenvalue weighted by Crippen LogP contribution is 2.19. The minimum absolute atomic E-state index is 0.107. The fourth-order valence-electron chi connectivity index (χ4n) is 1.92. The standard InChI is InChI=1S/C13H19N3O6S/c1-7-12(8(2)22-16-7)23(19,20)14-6-11(17)21-9(3)13(18)15-10-4-5-10/h9-10,14H,4-6H2,1-3H3,(H,15,18)/t9-/m1/s1. The molecule has 1 amide bonds. The number of carbonyl (C=O) groups is 2. The maximum Gasteiger partial charge on any atom is 0.321 e. The lowest BCUT2D eigenvalue weighted by molar-refractivity contribution is -0.153. The molecule has 0 radical (unpaired) electrons. The van der Waals surface area contributed by atoms with Crippen LogP contribution in [0.5, 0.6) is 0 Å². The molecule has 9 nitrogen and oxygen atoms in total. The van der Waals surface area contributed by atoms with E-state index < -0.39 is 34.5 Å². The molecule has 0 aliphatic heterocycles. The van der Waals surface area contributed by atoms with Gasteiger partial charge in [-0.05, 0) is 33.6 Å². The van der Waals surface area contributed by atoms with Gasteiger partial charge in [-0.15, -0.1) is 0 Å². The molecule has 1 aromatic heterocycles. The largest absolute Gasteiger partial charge is 0.452 e. The van der Waals surface area contributed by atoms with Crippen LogP contribution in [0.15, 0.2) is 9.42 Å². The molecule has 1 aliphatic carbocycles. The number of carbonyl (C=O) groups excluding carboxylic acids is 2. The predicted octanol–water partition coefficient (Wildman–Crippen LogP) is -0.220. The Bertz CT molecular complexity index is 688. The van der Waals surface area contributed by atoms with Crippen LogP contribution >= 0.6 is 0 Å². The fourth-order valence-corrected chi connectivity index (χ4v) is 3.22. The van der Waals surface area contributed by atoms with E-state index in [4.69, 9.17) is 9.26 Å². The second kappa shape index (κ2) is 6.67. The van der Waals surface area contributed by atoms with Crippen LogP contribution in [0.1, 0.15) is 31.2 Å². The van der Waals surface area contributed by atoms with E-state index >= 15 is 0 Å². The van der Waals surface area contributed by atoms with E-state index in [1.165, 1.54) is 20.8 Å². The monoisotopic (exact) mass is 345 g/mol. The Morgan fingerprint density at radius 1 is 1.39 bits per heavy atom. The first-order valence-corrected chi connectivity index (χ1v) is 8.61. The van der Waals surface area contributed by atoms with Gasteiger partial charge in [-0.3, -0.25) is 9.59 Å². The molecule has 1 saturated carbocycles. The Morgan fingerprint density at radius 3 is 2.57 bits per heavy atom. The summed E-state index contributed by atoms with van der Waals surface area (Å²) in [5, 5.41) is 6.24. The molecule has 2 rings (SSSR count). The minimum Gasteiger partial charge on any atom is -0.452 e. The molecule has 0 aromatic carbocycles. The molecule has 1 aromatic rings. The molecule has 0 saturated heterocycles. The van der Waals surface area contributed by atoms with Gasteiger partial charge in [0.25, 0.3) is 5.91 Å². The van der Waals surface area contributed by atoms with Gasteiger partial charge in [0, 0.05) is 6.04 Å². The van der Waals surface area contributed by atoms with Crippen molar-refractivity contribution in [2.75, 3.05) is 6.54 Å². The summed E-state index contributed by atoms with van der Waals surface area (Å²) in [5.41, 5.74) is 0.195. The second-order valence-corrected chi connectivity index (χ2v) is 7.10. The number of ether oxygens (including phenoxy) is 1. The maximum absolute atomic E-state index is 12.1. The summed E-state index contributed by atoms with van der Waals surface area (Å²) in [6, 6.07) is 0.154. The van der Waals surface area contributed by atoms with Crippen molar-refractivity contribution in [3.05, 3.63) is 11.5 Å². The predicted molar refractivity (Wildman–Crippen MR) is 77.9 cm³/mol. The molecule has 23 heavy (non-hydrogen) atoms. The first-order valence-electron chi connectivity index (χ1n) is 7.13. The van der Waals surface area contributed by atoms with Crippen molar-refractivity contribution < 1.29 is 27.3 Å². The summed E-state index contributed by atoms with van der Waals surface area (Å²) in [5.74, 6) is -1.12. The van der Waals surface area contributed by atoms with E-state index in [1.54, 1.807) is 0 Å². The van der Waals surface area contributed by atoms with E-state index in [0.29, 0.717) is 0 Å². The second-order valence-electron chi connectivity index (χ2n) is 5.39. The molecular weight excluding hydrogens is 326 g/mol. The number of nitrogens with one attached hydrogen (secondary N) is 2. The zero-order valence-electron chi connectivity index (χ0n) is 13.1. The van der Waals surface area contributed by atoms with Crippen LogP contribution in [0.4, 0.5) is 0 Å². The van der Waals surface area contributed by atoms with Gasteiger partial charge in [0.1, 0.15) is 17.1 Å². The summed E-state index contributed by atoms with van der Waals surface area (Å²) in [6.45, 7) is 3.77. The van der Waals surface area contributed by atoms with Gasteiger partial charge in [0.05, 0.1) is 0 Å². The van der Waals surface area contributed by atoms with E-state index in [1.807, 2.05) is 0 Å². The number of aryl methyl sites for hydroxylation is 2. The number of hydrogen-bond acceptors (Lipinski definition) is 7. The third-order valence-electron chi connectivity index (χ3n) is 3.24. The number of aromatic nitrogens is 1. The highest BCUT2D eigenvalue weighted by atomic mass is 32.2. The zero-order chi connectivity index (χ0) is 17.2. The van der Waals surface area contributed by atoms with Crippen molar-refractivity contribution in [1.82, 2.24) is 15.2 Å². The third-order valence-corrected chi connectivity index (χ3v) is 4.89. The topological polar surface area (TPSA) is 128 Å². The van der Waals surface area contributed by atoms with Crippen molar-refractivity contribution in [3.63, 3.8) is 0 Å². The Hall–Kier alpha value is -1.94. The molecule has 1 fully saturated rings. The summed E-state index contributed by atoms with van der Waals surface area (Å²) in [6.07, 6.45) is 0.861. The number of nitrogens with zero attached hydrogens (tertiary/aromatic N) is 1. The van der Waals surface area contributed by atoms with Crippen LogP contribution in [0, 0.1) is 13.8 Å². The number of esters is 1. The number of amides is 1. The van der Waals surface area contributed by atoms with Crippen LogP contribution in [0.3, 0.4) is 0 Å². The fraction of sp³-hybridized carbons (Fsp3) is 0.615. The highest BCUT2D eigenvalue weighted by molar-refractivity contribution is 7.89. The van der Waals surface area contributed by atoms with Crippen molar-refractivity contribution >= 4 is 21.9 Å². The molecule has 0 spiro atoms. The van der Waals surface area contributed by atoms with Crippen LogP contribution < -0.4 is 10.0 Å². The van der Waals surface area contributed by atoms with Gasteiger partial charge in [-0.25, -0.2) is 8.42 Å². The van der Waals surface area contributed by atoms with Gasteiger partial charge in [-0.2, -0.15) is 4.72 Å². The average molecular weight is 345 g/mol. The lowest BCUT2D eigenvalue weighted by atomic mass is 10.3. The molecule has 1 atom stereocenters. The number of rotatable bonds is 7. The van der Waals surface area contributed by atoms with Crippen LogP contribution in [-0.2, 0) is 24.3 Å². The van der Waals surface area contributed by atoms with Crippen molar-refractivity contribution in [1.29, 1.82) is 0 Å². The summed E-state index contributed by atoms with van der Waals surface area (Å²) >= 11 is 0. The lowest BCUT2D eigenvalue weighted by Gasteiger charge is -2.13. The molecule has 2 N–H and O–H groups in total. The smallest absolute Gasteiger partial charge is 0.321 e. The Balaban J connectivity index is 1.87. The summed E-state index contributed by atoms with van der Waals surface area (Å²) in [7, 11) is -3.95. The molecule has 1 heterocycles. The number of hydrogen-bond donors (Lipinski definition) is 2. The SMILES string of the molecule is Cc1noc(C)c1S(=O)(=O)NCC(=O)O[C@H](C)C(=O)NC1CC1. The lowest BCUT2D eigenvalue weighted by Crippen LogP contribution is -2.39. The van der Waals surface area contributed by atoms with E-state index in [9.17, 15) is 18.0 Å². The van der Waals surface area contributed by atoms with E-state index in [0.717, 1.165) is 12.8 Å². The summed E-state index contributed by atoms with van der Waals surface area (Å²) < 4.78 is 36.0. The third kappa shape index (κ3) is 4.52. The maximum atomic E-state index is 12.1. The van der Waals surface area contributed by atoms with Crippen molar-refractivity contribution in [3.8, 4) is 0 Å². The molecule has 0 unspecified atom stereocenters. The van der Waals surface area contributed by atoms with E-state index in [2.05, 4.69) is 15.2 Å². The molecular formula is C13H19N3O6S. The van der Waals surface area contributed by atoms with Crippen LogP contribution in [-0.4, -0.2) is 44.1 Å². The summed E-state index contributed by atoms with van der Waals surface area (Å²) in [4.78, 5) is 23.2. The normalized spacial score (nSPS) is 16.0. The quantitative estimate of drug-likeness (QED) is 0.654. The number of sulfonamides is 1. The van der Waals surface area contributed by atoms with Crippen molar-refractivity contribution in [2.45, 2.75) is 50.7 Å². The van der Waals surface area contributed by atoms with Crippen LogP contribution in [0.25, 0.3) is 0 Å². The Morgan fingerprint density at radius 2 is 2.04 bits per heavy atom. The molecule has 10 heteroatoms. The molecule has 128 valence electrons. The first kappa shape index (κ1) is 17.4. The van der Waals surface area contributed by atoms with Crippen LogP contribution in [0.2, 0.25) is 0 Å². The highest BCUT2D eigenvalue weighted by Gasteiger charge is 2.28.